The van der Waals surface area contributed by atoms with Crippen molar-refractivity contribution >= 4 is 57.0 Å². The quantitative estimate of drug-likeness (QED) is 0.127. The zero-order valence-corrected chi connectivity index (χ0v) is 22.2. The fraction of sp³-hybridized carbons (Fsp3) is 0.103. The van der Waals surface area contributed by atoms with E-state index in [4.69, 9.17) is 21.1 Å². The van der Waals surface area contributed by atoms with Crippen LogP contribution in [0.25, 0.3) is 16.8 Å². The molecule has 1 heterocycles. The molecule has 0 atom stereocenters. The molecule has 1 saturated heterocycles. The number of carbonyl (C=O) groups excluding carboxylic acids is 2. The summed E-state index contributed by atoms with van der Waals surface area (Å²) < 4.78 is 11.6. The van der Waals surface area contributed by atoms with Gasteiger partial charge in [0.1, 0.15) is 6.61 Å². The van der Waals surface area contributed by atoms with Gasteiger partial charge in [-0.15, -0.1) is 0 Å². The number of nitrogens with zero attached hydrogens (tertiary/aromatic N) is 2. The minimum absolute atomic E-state index is 0.00498. The van der Waals surface area contributed by atoms with Crippen LogP contribution in [-0.4, -0.2) is 28.1 Å². The monoisotopic (exact) mass is 560 g/mol. The summed E-state index contributed by atoms with van der Waals surface area (Å²) in [5.74, 6) is 0.296. The van der Waals surface area contributed by atoms with Gasteiger partial charge >= 0.3 is 0 Å². The molecule has 196 valence electrons. The van der Waals surface area contributed by atoms with Crippen LogP contribution in [0.2, 0.25) is 5.02 Å². The molecule has 4 aromatic carbocycles. The van der Waals surface area contributed by atoms with Gasteiger partial charge in [0.05, 0.1) is 28.5 Å². The third-order valence-electron chi connectivity index (χ3n) is 6.16. The Bertz CT molecular complexity index is 1630. The first kappa shape index (κ1) is 26.3. The van der Waals surface area contributed by atoms with Gasteiger partial charge in [0.2, 0.25) is 0 Å². The lowest BCUT2D eigenvalue weighted by Crippen LogP contribution is -2.27. The number of nitro groups is 1. The molecule has 4 aromatic rings. The van der Waals surface area contributed by atoms with Crippen LogP contribution in [0.5, 0.6) is 11.5 Å². The molecule has 1 aliphatic rings. The molecule has 10 heteroatoms. The highest BCUT2D eigenvalue weighted by Crippen LogP contribution is 2.40. The van der Waals surface area contributed by atoms with Crippen LogP contribution in [0.4, 0.5) is 10.5 Å². The van der Waals surface area contributed by atoms with E-state index in [9.17, 15) is 19.7 Å². The molecule has 1 fully saturated rings. The molecule has 0 unspecified atom stereocenters. The normalized spacial score (nSPS) is 14.3. The predicted octanol–water partition coefficient (Wildman–Crippen LogP) is 7.23. The van der Waals surface area contributed by atoms with Crippen LogP contribution in [0.1, 0.15) is 16.7 Å². The molecule has 0 spiro atoms. The van der Waals surface area contributed by atoms with E-state index in [0.717, 1.165) is 33.0 Å². The van der Waals surface area contributed by atoms with E-state index in [-0.39, 0.29) is 23.7 Å². The van der Waals surface area contributed by atoms with E-state index in [1.807, 2.05) is 42.5 Å². The van der Waals surface area contributed by atoms with Crippen molar-refractivity contribution in [2.24, 2.45) is 0 Å². The van der Waals surface area contributed by atoms with Crippen LogP contribution in [-0.2, 0) is 17.9 Å². The molecule has 0 N–H and O–H groups in total. The van der Waals surface area contributed by atoms with Crippen molar-refractivity contribution in [3.05, 3.63) is 116 Å². The summed E-state index contributed by atoms with van der Waals surface area (Å²) in [6.45, 7) is 0.281. The lowest BCUT2D eigenvalue weighted by molar-refractivity contribution is -0.384. The molecule has 8 nitrogen and oxygen atoms in total. The van der Waals surface area contributed by atoms with Gasteiger partial charge in [-0.05, 0) is 57.4 Å². The summed E-state index contributed by atoms with van der Waals surface area (Å²) in [6, 6.07) is 23.1. The van der Waals surface area contributed by atoms with Gasteiger partial charge in [-0.2, -0.15) is 0 Å². The third-order valence-corrected chi connectivity index (χ3v) is 7.35. The minimum Gasteiger partial charge on any atom is -0.493 e. The number of imide groups is 1. The van der Waals surface area contributed by atoms with E-state index in [1.165, 1.54) is 31.4 Å². The lowest BCUT2D eigenvalue weighted by atomic mass is 10.1. The van der Waals surface area contributed by atoms with Crippen molar-refractivity contribution in [2.45, 2.75) is 13.2 Å². The maximum absolute atomic E-state index is 13.0. The maximum Gasteiger partial charge on any atom is 0.293 e. The Balaban J connectivity index is 1.34. The summed E-state index contributed by atoms with van der Waals surface area (Å²) in [4.78, 5) is 37.2. The van der Waals surface area contributed by atoms with E-state index >= 15 is 0 Å². The number of thioether (sulfide) groups is 1. The highest BCUT2D eigenvalue weighted by atomic mass is 35.5. The van der Waals surface area contributed by atoms with Gasteiger partial charge < -0.3 is 9.47 Å². The fourth-order valence-corrected chi connectivity index (χ4v) is 5.34. The molecule has 0 radical (unpaired) electrons. The lowest BCUT2D eigenvalue weighted by Gasteiger charge is -2.15. The summed E-state index contributed by atoms with van der Waals surface area (Å²) >= 11 is 7.38. The van der Waals surface area contributed by atoms with Crippen molar-refractivity contribution < 1.29 is 24.0 Å². The van der Waals surface area contributed by atoms with Crippen molar-refractivity contribution in [1.82, 2.24) is 4.90 Å². The van der Waals surface area contributed by atoms with Crippen LogP contribution in [0.15, 0.2) is 83.8 Å². The Morgan fingerprint density at radius 1 is 1.03 bits per heavy atom. The van der Waals surface area contributed by atoms with Gasteiger partial charge in [-0.3, -0.25) is 24.6 Å². The number of fused-ring (bicyclic) bond motifs is 1. The number of ether oxygens (including phenoxy) is 2. The van der Waals surface area contributed by atoms with Crippen LogP contribution in [0, 0.1) is 10.1 Å². The van der Waals surface area contributed by atoms with Crippen molar-refractivity contribution in [2.75, 3.05) is 7.11 Å². The predicted molar refractivity (Wildman–Crippen MR) is 151 cm³/mol. The van der Waals surface area contributed by atoms with E-state index < -0.39 is 16.1 Å². The van der Waals surface area contributed by atoms with Crippen molar-refractivity contribution in [3.8, 4) is 11.5 Å². The van der Waals surface area contributed by atoms with E-state index in [0.29, 0.717) is 27.6 Å². The molecular weight excluding hydrogens is 540 g/mol. The second-order valence-electron chi connectivity index (χ2n) is 8.65. The Kier molecular flexibility index (Phi) is 7.53. The van der Waals surface area contributed by atoms with Gasteiger partial charge in [0.15, 0.2) is 11.5 Å². The summed E-state index contributed by atoms with van der Waals surface area (Å²) in [5, 5.41) is 12.9. The number of amides is 2. The zero-order chi connectivity index (χ0) is 27.5. The molecule has 5 rings (SSSR count). The number of methoxy groups -OCH3 is 1. The van der Waals surface area contributed by atoms with Crippen molar-refractivity contribution in [3.63, 3.8) is 0 Å². The average molecular weight is 561 g/mol. The minimum atomic E-state index is -0.508. The standard InChI is InChI=1S/C29H21ClN2O6S/c1-37-25-14-19(13-24(30)27(25)38-17-21-7-4-6-20-5-2-3-8-23(20)21)15-26-28(33)31(29(34)39-26)16-18-9-11-22(12-10-18)32(35)36/h2-15H,16-17H2,1H3/b26-15-. The Morgan fingerprint density at radius 2 is 1.77 bits per heavy atom. The number of hydrogen-bond acceptors (Lipinski definition) is 7. The Morgan fingerprint density at radius 3 is 2.51 bits per heavy atom. The highest BCUT2D eigenvalue weighted by molar-refractivity contribution is 8.18. The summed E-state index contributed by atoms with van der Waals surface area (Å²) in [7, 11) is 1.50. The second-order valence-corrected chi connectivity index (χ2v) is 10.1. The number of rotatable bonds is 8. The van der Waals surface area contributed by atoms with Crippen molar-refractivity contribution in [1.29, 1.82) is 0 Å². The third kappa shape index (κ3) is 5.59. The van der Waals surface area contributed by atoms with Crippen LogP contribution in [0.3, 0.4) is 0 Å². The van der Waals surface area contributed by atoms with E-state index in [1.54, 1.807) is 18.2 Å². The Labute approximate surface area is 232 Å². The topological polar surface area (TPSA) is 99.0 Å². The number of halogens is 1. The average Bonchev–Trinajstić information content (AvgIpc) is 3.19. The van der Waals surface area contributed by atoms with Crippen LogP contribution < -0.4 is 9.47 Å². The molecule has 0 saturated carbocycles. The first-order valence-electron chi connectivity index (χ1n) is 11.8. The molecule has 0 aromatic heterocycles. The largest absolute Gasteiger partial charge is 0.493 e. The zero-order valence-electron chi connectivity index (χ0n) is 20.6. The summed E-state index contributed by atoms with van der Waals surface area (Å²) in [6.07, 6.45) is 1.57. The van der Waals surface area contributed by atoms with Gasteiger partial charge in [0.25, 0.3) is 16.8 Å². The second kappa shape index (κ2) is 11.2. The van der Waals surface area contributed by atoms with Gasteiger partial charge in [0, 0.05) is 12.1 Å². The first-order valence-corrected chi connectivity index (χ1v) is 13.0. The smallest absolute Gasteiger partial charge is 0.293 e. The van der Waals surface area contributed by atoms with Crippen LogP contribution >= 0.6 is 23.4 Å². The fourth-order valence-electron chi connectivity index (χ4n) is 4.22. The number of nitro benzene ring substituents is 1. The number of benzene rings is 4. The van der Waals surface area contributed by atoms with Gasteiger partial charge in [-0.1, -0.05) is 66.2 Å². The Hall–Kier alpha value is -4.34. The molecular formula is C29H21ClN2O6S. The first-order chi connectivity index (χ1) is 18.8. The number of non-ortho nitro benzene ring substituents is 1. The molecule has 0 aliphatic carbocycles. The molecule has 2 amide bonds. The highest BCUT2D eigenvalue weighted by Gasteiger charge is 2.35. The molecule has 0 bridgehead atoms. The summed E-state index contributed by atoms with van der Waals surface area (Å²) in [5.41, 5.74) is 2.09. The van der Waals surface area contributed by atoms with Gasteiger partial charge in [-0.25, -0.2) is 0 Å². The SMILES string of the molecule is COc1cc(/C=C2\SC(=O)N(Cc3ccc([N+](=O)[O-])cc3)C2=O)cc(Cl)c1OCc1cccc2ccccc12. The maximum atomic E-state index is 13.0. The molecule has 1 aliphatic heterocycles. The van der Waals surface area contributed by atoms with E-state index in [2.05, 4.69) is 0 Å². The number of hydrogen-bond donors (Lipinski definition) is 0. The number of carbonyl (C=O) groups is 2. The molecule has 39 heavy (non-hydrogen) atoms.